The molecule has 168 valence electrons. The van der Waals surface area contributed by atoms with Crippen LogP contribution in [0.25, 0.3) is 0 Å². The van der Waals surface area contributed by atoms with Gasteiger partial charge in [-0.25, -0.2) is 14.0 Å². The van der Waals surface area contributed by atoms with Gasteiger partial charge in [0.1, 0.15) is 12.4 Å². The highest BCUT2D eigenvalue weighted by Gasteiger charge is 2.33. The molecule has 0 saturated carbocycles. The van der Waals surface area contributed by atoms with E-state index in [4.69, 9.17) is 0 Å². The van der Waals surface area contributed by atoms with Crippen molar-refractivity contribution in [1.29, 1.82) is 0 Å². The van der Waals surface area contributed by atoms with Gasteiger partial charge in [0.05, 0.1) is 0 Å². The molecule has 0 spiro atoms. The number of carbonyl (C=O) groups excluding carboxylic acids is 4. The fourth-order valence-corrected chi connectivity index (χ4v) is 3.87. The van der Waals surface area contributed by atoms with Crippen molar-refractivity contribution in [1.82, 2.24) is 20.0 Å². The van der Waals surface area contributed by atoms with Gasteiger partial charge in [0, 0.05) is 45.3 Å². The molecule has 2 aliphatic heterocycles. The lowest BCUT2D eigenvalue weighted by atomic mass is 9.97. The number of likely N-dealkylation sites (tertiary alicyclic amines) is 1. The Labute approximate surface area is 180 Å². The standard InChI is InChI=1S/C21H28FN5O4/c1-25-14-19(29)27(21(25)31)10-4-8-18(28)26-9-3-5-15(13-26)12-23-20(30)24-17-7-2-6-16(22)11-17/h2,6-7,11,15H,3-5,8-10,12-14H2,1H3,(H2,23,24,30). The summed E-state index contributed by atoms with van der Waals surface area (Å²) in [6, 6.07) is 4.92. The van der Waals surface area contributed by atoms with E-state index in [1.54, 1.807) is 18.0 Å². The molecule has 1 unspecified atom stereocenters. The monoisotopic (exact) mass is 433 g/mol. The summed E-state index contributed by atoms with van der Waals surface area (Å²) in [5.41, 5.74) is 0.374. The molecule has 6 amide bonds. The van der Waals surface area contributed by atoms with Crippen LogP contribution in [0.4, 0.5) is 19.7 Å². The predicted octanol–water partition coefficient (Wildman–Crippen LogP) is 1.86. The summed E-state index contributed by atoms with van der Waals surface area (Å²) >= 11 is 0. The molecule has 2 aliphatic rings. The SMILES string of the molecule is CN1CC(=O)N(CCCC(=O)N2CCCC(CNC(=O)Nc3cccc(F)c3)C2)C1=O. The van der Waals surface area contributed by atoms with Gasteiger partial charge in [0.25, 0.3) is 0 Å². The fraction of sp³-hybridized carbons (Fsp3) is 0.524. The van der Waals surface area contributed by atoms with E-state index in [0.717, 1.165) is 12.8 Å². The van der Waals surface area contributed by atoms with Gasteiger partial charge < -0.3 is 20.4 Å². The largest absolute Gasteiger partial charge is 0.342 e. The van der Waals surface area contributed by atoms with Crippen molar-refractivity contribution in [3.8, 4) is 0 Å². The topological polar surface area (TPSA) is 102 Å². The molecule has 3 rings (SSSR count). The van der Waals surface area contributed by atoms with E-state index < -0.39 is 11.8 Å². The first-order valence-electron chi connectivity index (χ1n) is 10.5. The van der Waals surface area contributed by atoms with Crippen molar-refractivity contribution < 1.29 is 23.6 Å². The van der Waals surface area contributed by atoms with Gasteiger partial charge in [0.2, 0.25) is 11.8 Å². The Morgan fingerprint density at radius 1 is 1.26 bits per heavy atom. The molecule has 0 radical (unpaired) electrons. The molecule has 2 fully saturated rings. The van der Waals surface area contributed by atoms with Crippen LogP contribution in [0.15, 0.2) is 24.3 Å². The van der Waals surface area contributed by atoms with Gasteiger partial charge in [-0.1, -0.05) is 6.07 Å². The average molecular weight is 433 g/mol. The molecule has 31 heavy (non-hydrogen) atoms. The number of nitrogens with one attached hydrogen (secondary N) is 2. The third-order valence-corrected chi connectivity index (χ3v) is 5.51. The summed E-state index contributed by atoms with van der Waals surface area (Å²) in [4.78, 5) is 52.6. The van der Waals surface area contributed by atoms with Crippen LogP contribution in [0.2, 0.25) is 0 Å². The smallest absolute Gasteiger partial charge is 0.326 e. The molecule has 1 aromatic carbocycles. The van der Waals surface area contributed by atoms with E-state index in [-0.39, 0.29) is 43.3 Å². The minimum atomic E-state index is -0.426. The second-order valence-corrected chi connectivity index (χ2v) is 7.98. The number of rotatable bonds is 7. The molecule has 1 aromatic rings. The van der Waals surface area contributed by atoms with Crippen LogP contribution >= 0.6 is 0 Å². The molecule has 1 atom stereocenters. The van der Waals surface area contributed by atoms with Crippen molar-refractivity contribution in [3.05, 3.63) is 30.1 Å². The molecule has 0 aromatic heterocycles. The normalized spacial score (nSPS) is 19.0. The van der Waals surface area contributed by atoms with Gasteiger partial charge in [-0.2, -0.15) is 0 Å². The van der Waals surface area contributed by atoms with Gasteiger partial charge in [-0.15, -0.1) is 0 Å². The lowest BCUT2D eigenvalue weighted by Crippen LogP contribution is -2.44. The molecule has 0 bridgehead atoms. The third-order valence-electron chi connectivity index (χ3n) is 5.51. The summed E-state index contributed by atoms with van der Waals surface area (Å²) in [6.07, 6.45) is 2.44. The van der Waals surface area contributed by atoms with E-state index in [9.17, 15) is 23.6 Å². The second-order valence-electron chi connectivity index (χ2n) is 7.98. The molecular weight excluding hydrogens is 405 g/mol. The van der Waals surface area contributed by atoms with Crippen LogP contribution in [0.3, 0.4) is 0 Å². The maximum absolute atomic E-state index is 13.2. The number of benzene rings is 1. The first-order chi connectivity index (χ1) is 14.8. The lowest BCUT2D eigenvalue weighted by molar-refractivity contribution is -0.133. The Morgan fingerprint density at radius 3 is 2.77 bits per heavy atom. The number of likely N-dealkylation sites (N-methyl/N-ethyl adjacent to an activating group) is 1. The Bertz CT molecular complexity index is 849. The van der Waals surface area contributed by atoms with Crippen LogP contribution in [0.1, 0.15) is 25.7 Å². The van der Waals surface area contributed by atoms with Gasteiger partial charge in [-0.05, 0) is 43.4 Å². The first-order valence-corrected chi connectivity index (χ1v) is 10.5. The van der Waals surface area contributed by atoms with Crippen molar-refractivity contribution in [3.63, 3.8) is 0 Å². The molecule has 2 N–H and O–H groups in total. The number of amides is 6. The summed E-state index contributed by atoms with van der Waals surface area (Å²) in [5, 5.41) is 5.36. The van der Waals surface area contributed by atoms with E-state index in [2.05, 4.69) is 10.6 Å². The molecule has 0 aliphatic carbocycles. The number of nitrogens with zero attached hydrogens (tertiary/aromatic N) is 3. The van der Waals surface area contributed by atoms with E-state index >= 15 is 0 Å². The van der Waals surface area contributed by atoms with Crippen molar-refractivity contribution >= 4 is 29.6 Å². The number of anilines is 1. The number of carbonyl (C=O) groups is 4. The number of hydrogen-bond donors (Lipinski definition) is 2. The summed E-state index contributed by atoms with van der Waals surface area (Å²) in [5.74, 6) is -0.544. The molecule has 10 heteroatoms. The van der Waals surface area contributed by atoms with Crippen LogP contribution in [0.5, 0.6) is 0 Å². The maximum Gasteiger partial charge on any atom is 0.326 e. The van der Waals surface area contributed by atoms with Gasteiger partial charge >= 0.3 is 12.1 Å². The zero-order valence-electron chi connectivity index (χ0n) is 17.6. The Kier molecular flexibility index (Phi) is 7.43. The highest BCUT2D eigenvalue weighted by molar-refractivity contribution is 6.01. The van der Waals surface area contributed by atoms with Crippen molar-refractivity contribution in [2.24, 2.45) is 5.92 Å². The highest BCUT2D eigenvalue weighted by Crippen LogP contribution is 2.18. The fourth-order valence-electron chi connectivity index (χ4n) is 3.87. The second kappa shape index (κ2) is 10.2. The van der Waals surface area contributed by atoms with Gasteiger partial charge in [-0.3, -0.25) is 14.5 Å². The summed E-state index contributed by atoms with van der Waals surface area (Å²) < 4.78 is 13.2. The van der Waals surface area contributed by atoms with Crippen molar-refractivity contribution in [2.45, 2.75) is 25.7 Å². The molecular formula is C21H28FN5O4. The molecule has 9 nitrogen and oxygen atoms in total. The van der Waals surface area contributed by atoms with E-state index in [1.165, 1.54) is 28.0 Å². The van der Waals surface area contributed by atoms with Crippen molar-refractivity contribution in [2.75, 3.05) is 45.1 Å². The van der Waals surface area contributed by atoms with E-state index in [1.807, 2.05) is 0 Å². The van der Waals surface area contributed by atoms with E-state index in [0.29, 0.717) is 31.7 Å². The number of urea groups is 2. The number of hydrogen-bond acceptors (Lipinski definition) is 4. The molecule has 2 saturated heterocycles. The zero-order chi connectivity index (χ0) is 22.4. The number of imide groups is 1. The quantitative estimate of drug-likeness (QED) is 0.641. The lowest BCUT2D eigenvalue weighted by Gasteiger charge is -2.33. The van der Waals surface area contributed by atoms with Crippen LogP contribution in [0, 0.1) is 11.7 Å². The number of piperidine rings is 1. The van der Waals surface area contributed by atoms with Crippen LogP contribution in [-0.2, 0) is 9.59 Å². The highest BCUT2D eigenvalue weighted by atomic mass is 19.1. The minimum Gasteiger partial charge on any atom is -0.342 e. The molecule has 2 heterocycles. The van der Waals surface area contributed by atoms with Gasteiger partial charge in [0.15, 0.2) is 0 Å². The van der Waals surface area contributed by atoms with Crippen LogP contribution in [-0.4, -0.2) is 78.3 Å². The zero-order valence-corrected chi connectivity index (χ0v) is 17.6. The first kappa shape index (κ1) is 22.5. The third kappa shape index (κ3) is 6.16. The average Bonchev–Trinajstić information content (AvgIpc) is 2.98. The Balaban J connectivity index is 1.38. The number of halogens is 1. The van der Waals surface area contributed by atoms with Crippen LogP contribution < -0.4 is 10.6 Å². The Hall–Kier alpha value is -3.17. The maximum atomic E-state index is 13.2. The summed E-state index contributed by atoms with van der Waals surface area (Å²) in [7, 11) is 1.58. The predicted molar refractivity (Wildman–Crippen MR) is 112 cm³/mol. The minimum absolute atomic E-state index is 0.0126. The Morgan fingerprint density at radius 2 is 2.06 bits per heavy atom. The summed E-state index contributed by atoms with van der Waals surface area (Å²) in [6.45, 7) is 1.94.